The Morgan fingerprint density at radius 1 is 0.917 bits per heavy atom. The SMILES string of the molecule is Cc1cc(C)c2c(n1)c1ccccc1n1c3ccccc3[n+](C)c21. The van der Waals surface area contributed by atoms with Crippen LogP contribution < -0.4 is 4.57 Å². The van der Waals surface area contributed by atoms with Crippen molar-refractivity contribution in [1.82, 2.24) is 9.38 Å². The molecule has 2 aromatic carbocycles. The molecule has 0 unspecified atom stereocenters. The van der Waals surface area contributed by atoms with Crippen molar-refractivity contribution in [3.8, 4) is 0 Å². The van der Waals surface area contributed by atoms with Gasteiger partial charge in [-0.1, -0.05) is 24.3 Å². The monoisotopic (exact) mass is 312 g/mol. The van der Waals surface area contributed by atoms with Gasteiger partial charge in [0.15, 0.2) is 11.0 Å². The molecular weight excluding hydrogens is 294 g/mol. The minimum Gasteiger partial charge on any atom is -0.252 e. The molecule has 0 radical (unpaired) electrons. The number of benzene rings is 2. The summed E-state index contributed by atoms with van der Waals surface area (Å²) in [6, 6.07) is 19.3. The minimum atomic E-state index is 1.06. The van der Waals surface area contributed by atoms with E-state index >= 15 is 0 Å². The van der Waals surface area contributed by atoms with Crippen molar-refractivity contribution in [1.29, 1.82) is 0 Å². The van der Waals surface area contributed by atoms with Gasteiger partial charge in [-0.2, -0.15) is 4.40 Å². The average Bonchev–Trinajstić information content (AvgIpc) is 2.88. The maximum absolute atomic E-state index is 4.90. The molecule has 0 fully saturated rings. The molecule has 0 aliphatic heterocycles. The first kappa shape index (κ1) is 13.5. The summed E-state index contributed by atoms with van der Waals surface area (Å²) in [7, 11) is 2.14. The number of para-hydroxylation sites is 3. The quantitative estimate of drug-likeness (QED) is 0.309. The average molecular weight is 312 g/mol. The summed E-state index contributed by atoms with van der Waals surface area (Å²) in [6.45, 7) is 4.25. The topological polar surface area (TPSA) is 21.2 Å². The lowest BCUT2D eigenvalue weighted by atomic mass is 10.1. The fourth-order valence-electron chi connectivity index (χ4n) is 4.02. The molecule has 24 heavy (non-hydrogen) atoms. The molecule has 3 aromatic heterocycles. The third kappa shape index (κ3) is 1.56. The summed E-state index contributed by atoms with van der Waals surface area (Å²) < 4.78 is 4.66. The van der Waals surface area contributed by atoms with E-state index in [2.05, 4.69) is 84.5 Å². The predicted molar refractivity (Wildman–Crippen MR) is 98.4 cm³/mol. The normalized spacial score (nSPS) is 12.0. The highest BCUT2D eigenvalue weighted by Crippen LogP contribution is 2.32. The van der Waals surface area contributed by atoms with Gasteiger partial charge in [0.25, 0.3) is 5.65 Å². The molecule has 0 atom stereocenters. The fourth-order valence-corrected chi connectivity index (χ4v) is 4.02. The minimum absolute atomic E-state index is 1.06. The number of rotatable bonds is 0. The molecule has 3 heteroatoms. The van der Waals surface area contributed by atoms with Crippen LogP contribution >= 0.6 is 0 Å². The number of aryl methyl sites for hydroxylation is 3. The highest BCUT2D eigenvalue weighted by atomic mass is 15.1. The molecule has 5 aromatic rings. The lowest BCUT2D eigenvalue weighted by molar-refractivity contribution is -0.617. The van der Waals surface area contributed by atoms with E-state index in [1.54, 1.807) is 0 Å². The first-order valence-corrected chi connectivity index (χ1v) is 8.24. The van der Waals surface area contributed by atoms with Gasteiger partial charge in [-0.05, 0) is 49.7 Å². The summed E-state index contributed by atoms with van der Waals surface area (Å²) >= 11 is 0. The molecule has 0 saturated heterocycles. The van der Waals surface area contributed by atoms with Gasteiger partial charge < -0.3 is 0 Å². The van der Waals surface area contributed by atoms with E-state index in [4.69, 9.17) is 4.98 Å². The Bertz CT molecular complexity index is 1280. The highest BCUT2D eigenvalue weighted by molar-refractivity contribution is 6.11. The Morgan fingerprint density at radius 3 is 2.46 bits per heavy atom. The Kier molecular flexibility index (Phi) is 2.55. The van der Waals surface area contributed by atoms with Crippen LogP contribution in [0.2, 0.25) is 0 Å². The van der Waals surface area contributed by atoms with Gasteiger partial charge in [0.1, 0.15) is 5.52 Å². The zero-order chi connectivity index (χ0) is 16.4. The number of fused-ring (bicyclic) bond motifs is 8. The molecule has 0 saturated carbocycles. The van der Waals surface area contributed by atoms with Crippen molar-refractivity contribution in [2.45, 2.75) is 13.8 Å². The van der Waals surface area contributed by atoms with Gasteiger partial charge in [0, 0.05) is 11.1 Å². The van der Waals surface area contributed by atoms with Crippen LogP contribution in [0.5, 0.6) is 0 Å². The van der Waals surface area contributed by atoms with E-state index in [1.807, 2.05) is 0 Å². The van der Waals surface area contributed by atoms with Crippen molar-refractivity contribution in [3.05, 3.63) is 65.9 Å². The second kappa shape index (κ2) is 4.54. The van der Waals surface area contributed by atoms with E-state index in [0.717, 1.165) is 11.2 Å². The molecular formula is C21H18N3+. The predicted octanol–water partition coefficient (Wildman–Crippen LogP) is 4.24. The smallest absolute Gasteiger partial charge is 0.252 e. The number of pyridine rings is 2. The molecule has 0 spiro atoms. The number of nitrogens with zero attached hydrogens (tertiary/aromatic N) is 3. The third-order valence-corrected chi connectivity index (χ3v) is 4.98. The van der Waals surface area contributed by atoms with Crippen LogP contribution in [0.1, 0.15) is 11.3 Å². The molecule has 0 amide bonds. The summed E-state index contributed by atoms with van der Waals surface area (Å²) in [4.78, 5) is 4.90. The summed E-state index contributed by atoms with van der Waals surface area (Å²) in [5.41, 5.74) is 8.29. The van der Waals surface area contributed by atoms with Crippen LogP contribution in [0.4, 0.5) is 0 Å². The molecule has 5 rings (SSSR count). The molecule has 0 N–H and O–H groups in total. The molecule has 3 nitrogen and oxygen atoms in total. The van der Waals surface area contributed by atoms with Crippen molar-refractivity contribution >= 4 is 38.5 Å². The first-order chi connectivity index (χ1) is 11.7. The standard InChI is InChI=1S/C21H18N3/c1-13-12-14(2)22-20-15-8-4-5-9-16(15)24-18-11-7-6-10-17(18)23(3)21(24)19(13)20/h4-12H,1-3H3/q+1. The largest absolute Gasteiger partial charge is 0.297 e. The summed E-state index contributed by atoms with van der Waals surface area (Å²) in [5, 5.41) is 2.44. The van der Waals surface area contributed by atoms with E-state index in [-0.39, 0.29) is 0 Å². The molecule has 3 heterocycles. The maximum atomic E-state index is 4.90. The van der Waals surface area contributed by atoms with E-state index < -0.39 is 0 Å². The van der Waals surface area contributed by atoms with Gasteiger partial charge >= 0.3 is 0 Å². The second-order valence-electron chi connectivity index (χ2n) is 6.53. The first-order valence-electron chi connectivity index (χ1n) is 8.24. The Hall–Kier alpha value is -2.94. The number of aromatic nitrogens is 3. The molecule has 0 bridgehead atoms. The van der Waals surface area contributed by atoms with Gasteiger partial charge in [0.05, 0.1) is 18.0 Å². The van der Waals surface area contributed by atoms with Gasteiger partial charge in [-0.15, -0.1) is 0 Å². The lowest BCUT2D eigenvalue weighted by Crippen LogP contribution is -2.27. The van der Waals surface area contributed by atoms with Gasteiger partial charge in [0.2, 0.25) is 0 Å². The van der Waals surface area contributed by atoms with Gasteiger partial charge in [-0.3, -0.25) is 4.98 Å². The van der Waals surface area contributed by atoms with Gasteiger partial charge in [-0.25, -0.2) is 4.57 Å². The number of hydrogen-bond donors (Lipinski definition) is 0. The zero-order valence-corrected chi connectivity index (χ0v) is 14.0. The van der Waals surface area contributed by atoms with Crippen molar-refractivity contribution < 1.29 is 4.57 Å². The van der Waals surface area contributed by atoms with Crippen LogP contribution in [0, 0.1) is 13.8 Å². The molecule has 0 aliphatic carbocycles. The molecule has 0 aliphatic rings. The van der Waals surface area contributed by atoms with Crippen LogP contribution in [-0.4, -0.2) is 9.38 Å². The highest BCUT2D eigenvalue weighted by Gasteiger charge is 2.24. The van der Waals surface area contributed by atoms with Crippen molar-refractivity contribution in [3.63, 3.8) is 0 Å². The van der Waals surface area contributed by atoms with E-state index in [0.29, 0.717) is 0 Å². The maximum Gasteiger partial charge on any atom is 0.297 e. The van der Waals surface area contributed by atoms with Crippen molar-refractivity contribution in [2.24, 2.45) is 7.05 Å². The van der Waals surface area contributed by atoms with Crippen LogP contribution in [-0.2, 0) is 7.05 Å². The summed E-state index contributed by atoms with van der Waals surface area (Å²) in [6.07, 6.45) is 0. The van der Waals surface area contributed by atoms with Crippen molar-refractivity contribution in [2.75, 3.05) is 0 Å². The third-order valence-electron chi connectivity index (χ3n) is 4.98. The lowest BCUT2D eigenvalue weighted by Gasteiger charge is -2.07. The van der Waals surface area contributed by atoms with Crippen LogP contribution in [0.25, 0.3) is 38.5 Å². The Morgan fingerprint density at radius 2 is 1.62 bits per heavy atom. The number of imidazole rings is 1. The van der Waals surface area contributed by atoms with Crippen LogP contribution in [0.3, 0.4) is 0 Å². The van der Waals surface area contributed by atoms with E-state index in [1.165, 1.54) is 38.5 Å². The summed E-state index contributed by atoms with van der Waals surface area (Å²) in [5.74, 6) is 0. The van der Waals surface area contributed by atoms with E-state index in [9.17, 15) is 0 Å². The Balaban J connectivity index is 2.28. The number of hydrogen-bond acceptors (Lipinski definition) is 1. The molecule has 116 valence electrons. The Labute approximate surface area is 139 Å². The fraction of sp³-hybridized carbons (Fsp3) is 0.143. The second-order valence-corrected chi connectivity index (χ2v) is 6.53. The zero-order valence-electron chi connectivity index (χ0n) is 14.0. The van der Waals surface area contributed by atoms with Crippen LogP contribution in [0.15, 0.2) is 54.6 Å².